The highest BCUT2D eigenvalue weighted by atomic mass is 19.1. The van der Waals surface area contributed by atoms with Crippen LogP contribution < -0.4 is 5.32 Å². The molecule has 0 aliphatic rings. The fourth-order valence-electron chi connectivity index (χ4n) is 4.66. The Balaban J connectivity index is 1.41. The molecule has 38 heavy (non-hydrogen) atoms. The Bertz CT molecular complexity index is 1770. The molecule has 9 heteroatoms. The predicted octanol–water partition coefficient (Wildman–Crippen LogP) is 5.65. The number of likely N-dealkylation sites (N-methyl/N-ethyl adjacent to an activating group) is 1. The second-order valence-electron chi connectivity index (χ2n) is 9.62. The summed E-state index contributed by atoms with van der Waals surface area (Å²) in [5, 5.41) is 11.9. The van der Waals surface area contributed by atoms with Gasteiger partial charge in [-0.1, -0.05) is 6.07 Å². The smallest absolute Gasteiger partial charge is 0.178 e. The van der Waals surface area contributed by atoms with E-state index in [9.17, 15) is 4.39 Å². The molecule has 2 aromatic carbocycles. The number of nitrogens with one attached hydrogen (secondary N) is 3. The number of halogens is 1. The van der Waals surface area contributed by atoms with Crippen LogP contribution in [0.5, 0.6) is 0 Å². The van der Waals surface area contributed by atoms with Crippen LogP contribution in [0.1, 0.15) is 5.56 Å². The Kier molecular flexibility index (Phi) is 6.05. The van der Waals surface area contributed by atoms with Gasteiger partial charge in [0.1, 0.15) is 11.5 Å². The number of anilines is 1. The number of H-pyrrole nitrogens is 2. The summed E-state index contributed by atoms with van der Waals surface area (Å²) in [6.07, 6.45) is 5.36. The van der Waals surface area contributed by atoms with Crippen molar-refractivity contribution in [3.8, 4) is 33.8 Å². The summed E-state index contributed by atoms with van der Waals surface area (Å²) in [7, 11) is 4.01. The molecule has 0 amide bonds. The molecule has 0 aliphatic carbocycles. The van der Waals surface area contributed by atoms with Crippen LogP contribution in [0.3, 0.4) is 0 Å². The molecule has 0 atom stereocenters. The first kappa shape index (κ1) is 23.7. The molecular formula is C29H27FN8. The van der Waals surface area contributed by atoms with E-state index < -0.39 is 0 Å². The molecule has 6 aromatic rings. The van der Waals surface area contributed by atoms with Crippen molar-refractivity contribution in [2.75, 3.05) is 32.5 Å². The average molecular weight is 507 g/mol. The fourth-order valence-corrected chi connectivity index (χ4v) is 4.66. The van der Waals surface area contributed by atoms with Gasteiger partial charge in [0.15, 0.2) is 11.5 Å². The molecule has 0 aliphatic heterocycles. The lowest BCUT2D eigenvalue weighted by Crippen LogP contribution is -2.20. The molecule has 4 aromatic heterocycles. The van der Waals surface area contributed by atoms with Gasteiger partial charge in [-0.3, -0.25) is 10.1 Å². The predicted molar refractivity (Wildman–Crippen MR) is 149 cm³/mol. The molecular weight excluding hydrogens is 479 g/mol. The molecule has 0 radical (unpaired) electrons. The maximum atomic E-state index is 14.6. The van der Waals surface area contributed by atoms with Gasteiger partial charge >= 0.3 is 0 Å². The lowest BCUT2D eigenvalue weighted by atomic mass is 10.0. The largest absolute Gasteiger partial charge is 0.384 e. The Morgan fingerprint density at radius 1 is 0.974 bits per heavy atom. The van der Waals surface area contributed by atoms with Crippen LogP contribution in [-0.4, -0.2) is 62.2 Å². The molecule has 6 rings (SSSR count). The van der Waals surface area contributed by atoms with Gasteiger partial charge in [-0.25, -0.2) is 14.4 Å². The van der Waals surface area contributed by atoms with Gasteiger partial charge in [0, 0.05) is 53.9 Å². The zero-order valence-corrected chi connectivity index (χ0v) is 21.4. The highest BCUT2D eigenvalue weighted by Crippen LogP contribution is 2.34. The molecule has 3 N–H and O–H groups in total. The third kappa shape index (κ3) is 4.48. The Hall–Kier alpha value is -4.63. The van der Waals surface area contributed by atoms with E-state index in [1.165, 1.54) is 12.1 Å². The molecule has 0 unspecified atom stereocenters. The van der Waals surface area contributed by atoms with Gasteiger partial charge in [-0.15, -0.1) is 0 Å². The van der Waals surface area contributed by atoms with Gasteiger partial charge in [0.25, 0.3) is 0 Å². The first-order valence-corrected chi connectivity index (χ1v) is 12.4. The van der Waals surface area contributed by atoms with E-state index in [1.807, 2.05) is 44.6 Å². The average Bonchev–Trinajstić information content (AvgIpc) is 3.52. The van der Waals surface area contributed by atoms with E-state index in [2.05, 4.69) is 54.4 Å². The number of aromatic amines is 2. The Labute approximate surface area is 219 Å². The van der Waals surface area contributed by atoms with Crippen molar-refractivity contribution in [1.29, 1.82) is 0 Å². The number of benzene rings is 2. The normalized spacial score (nSPS) is 11.6. The highest BCUT2D eigenvalue weighted by Gasteiger charge is 2.17. The van der Waals surface area contributed by atoms with Crippen LogP contribution in [-0.2, 0) is 0 Å². The van der Waals surface area contributed by atoms with Gasteiger partial charge in [0.05, 0.1) is 11.0 Å². The molecule has 190 valence electrons. The molecule has 8 nitrogen and oxygen atoms in total. The number of hydrogen-bond donors (Lipinski definition) is 3. The fraction of sp³-hybridized carbons (Fsp3) is 0.172. The minimum Gasteiger partial charge on any atom is -0.384 e. The number of hydrogen-bond acceptors (Lipinski definition) is 6. The topological polar surface area (TPSA) is 98.4 Å². The lowest BCUT2D eigenvalue weighted by Gasteiger charge is -2.13. The number of imidazole rings is 1. The first-order chi connectivity index (χ1) is 18.5. The van der Waals surface area contributed by atoms with Crippen molar-refractivity contribution in [2.24, 2.45) is 0 Å². The quantitative estimate of drug-likeness (QED) is 0.259. The lowest BCUT2D eigenvalue weighted by molar-refractivity contribution is 0.425. The number of fused-ring (bicyclic) bond motifs is 2. The third-order valence-corrected chi connectivity index (χ3v) is 6.63. The Morgan fingerprint density at radius 2 is 1.87 bits per heavy atom. The van der Waals surface area contributed by atoms with Crippen LogP contribution in [0, 0.1) is 12.7 Å². The van der Waals surface area contributed by atoms with Crippen LogP contribution >= 0.6 is 0 Å². The van der Waals surface area contributed by atoms with Crippen molar-refractivity contribution >= 4 is 27.8 Å². The van der Waals surface area contributed by atoms with Gasteiger partial charge in [-0.2, -0.15) is 5.10 Å². The van der Waals surface area contributed by atoms with Gasteiger partial charge < -0.3 is 15.2 Å². The minimum absolute atomic E-state index is 0.309. The van der Waals surface area contributed by atoms with E-state index in [-0.39, 0.29) is 5.82 Å². The van der Waals surface area contributed by atoms with Gasteiger partial charge in [-0.05, 0) is 80.2 Å². The summed E-state index contributed by atoms with van der Waals surface area (Å²) in [6.45, 7) is 3.62. The number of pyridine rings is 2. The summed E-state index contributed by atoms with van der Waals surface area (Å²) >= 11 is 0. The summed E-state index contributed by atoms with van der Waals surface area (Å²) in [5.74, 6) is 0.281. The highest BCUT2D eigenvalue weighted by molar-refractivity contribution is 5.97. The summed E-state index contributed by atoms with van der Waals surface area (Å²) < 4.78 is 14.6. The van der Waals surface area contributed by atoms with E-state index in [0.717, 1.165) is 56.5 Å². The third-order valence-electron chi connectivity index (χ3n) is 6.63. The van der Waals surface area contributed by atoms with E-state index in [4.69, 9.17) is 4.98 Å². The van der Waals surface area contributed by atoms with Crippen molar-refractivity contribution in [3.05, 3.63) is 78.5 Å². The monoisotopic (exact) mass is 506 g/mol. The Morgan fingerprint density at radius 3 is 2.71 bits per heavy atom. The van der Waals surface area contributed by atoms with Crippen molar-refractivity contribution in [3.63, 3.8) is 0 Å². The molecule has 4 heterocycles. The molecule has 0 saturated heterocycles. The van der Waals surface area contributed by atoms with Crippen LogP contribution in [0.25, 0.3) is 55.8 Å². The molecule has 0 saturated carbocycles. The minimum atomic E-state index is -0.309. The first-order valence-electron chi connectivity index (χ1n) is 12.4. The summed E-state index contributed by atoms with van der Waals surface area (Å²) in [4.78, 5) is 19.0. The van der Waals surface area contributed by atoms with Crippen molar-refractivity contribution < 1.29 is 4.39 Å². The van der Waals surface area contributed by atoms with Crippen LogP contribution in [0.2, 0.25) is 0 Å². The van der Waals surface area contributed by atoms with Gasteiger partial charge in [0.2, 0.25) is 0 Å². The second kappa shape index (κ2) is 9.68. The van der Waals surface area contributed by atoms with E-state index >= 15 is 0 Å². The molecule has 0 fully saturated rings. The molecule has 0 bridgehead atoms. The maximum absolute atomic E-state index is 14.6. The van der Waals surface area contributed by atoms with Crippen LogP contribution in [0.4, 0.5) is 10.1 Å². The second-order valence-corrected chi connectivity index (χ2v) is 9.62. The maximum Gasteiger partial charge on any atom is 0.178 e. The summed E-state index contributed by atoms with van der Waals surface area (Å²) in [6, 6.07) is 15.0. The zero-order chi connectivity index (χ0) is 26.2. The van der Waals surface area contributed by atoms with E-state index in [1.54, 1.807) is 12.4 Å². The standard InChI is InChI=1S/C29H27FN8/c1-17-6-8-31-16-24(17)18-4-5-25-23(14-18)27(37-36-25)29-34-26-22(7-9-33-28(26)35-29)19-12-20(30)15-21(13-19)32-10-11-38(2)3/h4-9,12-16,32H,10-11H2,1-3H3,(H,36,37)(H,33,34,35). The number of aryl methyl sites for hydroxylation is 1. The number of rotatable bonds is 7. The SMILES string of the molecule is Cc1ccncc1-c1ccc2[nH]nc(-c3nc4nccc(-c5cc(F)cc(NCCN(C)C)c5)c4[nH]3)c2c1. The number of nitrogens with zero attached hydrogens (tertiary/aromatic N) is 5. The van der Waals surface area contributed by atoms with Crippen molar-refractivity contribution in [1.82, 2.24) is 35.0 Å². The number of aromatic nitrogens is 6. The van der Waals surface area contributed by atoms with Crippen molar-refractivity contribution in [2.45, 2.75) is 6.92 Å². The van der Waals surface area contributed by atoms with Crippen LogP contribution in [0.15, 0.2) is 67.1 Å². The molecule has 0 spiro atoms. The summed E-state index contributed by atoms with van der Waals surface area (Å²) in [5.41, 5.74) is 8.40. The zero-order valence-electron chi connectivity index (χ0n) is 21.4. The van der Waals surface area contributed by atoms with E-state index in [0.29, 0.717) is 23.7 Å².